The monoisotopic (exact) mass is 407 g/mol. The maximum absolute atomic E-state index is 5.61. The number of nitrogens with zero attached hydrogens (tertiary/aromatic N) is 4. The maximum Gasteiger partial charge on any atom is 0.217 e. The van der Waals surface area contributed by atoms with Gasteiger partial charge in [-0.2, -0.15) is 4.98 Å². The summed E-state index contributed by atoms with van der Waals surface area (Å²) in [6.45, 7) is 6.73. The summed E-state index contributed by atoms with van der Waals surface area (Å²) in [7, 11) is 0. The Balaban J connectivity index is 1.17. The van der Waals surface area contributed by atoms with E-state index in [0.717, 1.165) is 69.6 Å². The van der Waals surface area contributed by atoms with Crippen LogP contribution in [0.1, 0.15) is 11.1 Å². The highest BCUT2D eigenvalue weighted by molar-refractivity contribution is 7.71. The Morgan fingerprint density at radius 3 is 2.62 bits per heavy atom. The molecule has 0 radical (unpaired) electrons. The lowest BCUT2D eigenvalue weighted by molar-refractivity contribution is 0.0982. The van der Waals surface area contributed by atoms with Crippen LogP contribution < -0.4 is 4.74 Å². The van der Waals surface area contributed by atoms with Crippen LogP contribution in [0.2, 0.25) is 0 Å². The molecule has 0 unspecified atom stereocenters. The number of nitrogens with one attached hydrogen (secondary N) is 1. The first-order valence-corrected chi connectivity index (χ1v) is 10.6. The first-order chi connectivity index (χ1) is 14.2. The van der Waals surface area contributed by atoms with E-state index in [9.17, 15) is 0 Å². The zero-order chi connectivity index (χ0) is 19.6. The van der Waals surface area contributed by atoms with Crippen LogP contribution in [-0.2, 0) is 19.6 Å². The number of rotatable bonds is 5. The van der Waals surface area contributed by atoms with Gasteiger partial charge in [0.05, 0.1) is 13.3 Å². The van der Waals surface area contributed by atoms with Crippen LogP contribution in [0.25, 0.3) is 11.4 Å². The third-order valence-electron chi connectivity index (χ3n) is 5.69. The summed E-state index contributed by atoms with van der Waals surface area (Å²) < 4.78 is 8.18. The van der Waals surface area contributed by atoms with Gasteiger partial charge in [0.15, 0.2) is 5.82 Å². The first-order valence-electron chi connectivity index (χ1n) is 10.2. The summed E-state index contributed by atoms with van der Waals surface area (Å²) in [5.41, 5.74) is 3.79. The second kappa shape index (κ2) is 8.10. The molecule has 1 fully saturated rings. The van der Waals surface area contributed by atoms with Crippen molar-refractivity contribution in [2.24, 2.45) is 0 Å². The number of fused-ring (bicyclic) bond motifs is 1. The van der Waals surface area contributed by atoms with Gasteiger partial charge in [-0.15, -0.1) is 0 Å². The number of ether oxygens (including phenoxy) is 1. The molecule has 3 heterocycles. The van der Waals surface area contributed by atoms with Crippen molar-refractivity contribution in [2.75, 3.05) is 32.8 Å². The van der Waals surface area contributed by atoms with Crippen LogP contribution in [-0.4, -0.2) is 57.4 Å². The molecule has 29 heavy (non-hydrogen) atoms. The summed E-state index contributed by atoms with van der Waals surface area (Å²) in [6, 6.07) is 16.7. The molecule has 0 amide bonds. The van der Waals surface area contributed by atoms with E-state index in [0.29, 0.717) is 4.77 Å². The smallest absolute Gasteiger partial charge is 0.217 e. The molecule has 0 aliphatic carbocycles. The molecule has 6 nitrogen and oxygen atoms in total. The molecule has 1 aromatic heterocycles. The largest absolute Gasteiger partial charge is 0.493 e. The van der Waals surface area contributed by atoms with E-state index in [4.69, 9.17) is 17.0 Å². The molecule has 0 bridgehead atoms. The van der Waals surface area contributed by atoms with Gasteiger partial charge in [0.1, 0.15) is 5.75 Å². The number of aromatic nitrogens is 3. The normalized spacial score (nSPS) is 17.2. The van der Waals surface area contributed by atoms with E-state index in [2.05, 4.69) is 38.1 Å². The highest BCUT2D eigenvalue weighted by Gasteiger charge is 2.19. The highest BCUT2D eigenvalue weighted by atomic mass is 32.1. The lowest BCUT2D eigenvalue weighted by Crippen LogP contribution is -2.46. The zero-order valence-corrected chi connectivity index (χ0v) is 17.2. The number of hydrogen-bond acceptors (Lipinski definition) is 5. The molecular formula is C22H25N5OS. The van der Waals surface area contributed by atoms with Crippen molar-refractivity contribution in [3.05, 3.63) is 64.4 Å². The molecular weight excluding hydrogens is 382 g/mol. The Hall–Kier alpha value is -2.48. The molecule has 2 aliphatic rings. The molecule has 1 saturated heterocycles. The Labute approximate surface area is 175 Å². The molecule has 2 aliphatic heterocycles. The van der Waals surface area contributed by atoms with E-state index in [1.165, 1.54) is 11.1 Å². The standard InChI is InChI=1S/C22H25N5OS/c29-22-23-21(18-4-2-1-3-5-18)24-27(22)16-26-11-9-25(10-12-26)15-17-6-7-20-19(14-17)8-13-28-20/h1-7,14H,8-13,15-16H2,(H,23,24,29). The molecule has 7 heteroatoms. The van der Waals surface area contributed by atoms with Crippen molar-refractivity contribution in [1.82, 2.24) is 24.6 Å². The summed E-state index contributed by atoms with van der Waals surface area (Å²) in [5, 5.41) is 3.35. The summed E-state index contributed by atoms with van der Waals surface area (Å²) >= 11 is 5.46. The van der Waals surface area contributed by atoms with Crippen molar-refractivity contribution >= 4 is 12.2 Å². The maximum atomic E-state index is 5.61. The van der Waals surface area contributed by atoms with Gasteiger partial charge in [-0.1, -0.05) is 42.5 Å². The lowest BCUT2D eigenvalue weighted by Gasteiger charge is -2.34. The van der Waals surface area contributed by atoms with E-state index in [1.807, 2.05) is 35.0 Å². The van der Waals surface area contributed by atoms with Crippen LogP contribution in [0.4, 0.5) is 0 Å². The second-order valence-corrected chi connectivity index (χ2v) is 8.09. The van der Waals surface area contributed by atoms with Crippen molar-refractivity contribution in [1.29, 1.82) is 0 Å². The Kier molecular flexibility index (Phi) is 5.18. The molecule has 5 rings (SSSR count). The Bertz CT molecular complexity index is 1040. The minimum absolute atomic E-state index is 0.603. The molecule has 0 spiro atoms. The predicted molar refractivity (Wildman–Crippen MR) is 115 cm³/mol. The van der Waals surface area contributed by atoms with E-state index in [1.54, 1.807) is 0 Å². The fraction of sp³-hybridized carbons (Fsp3) is 0.364. The average molecular weight is 408 g/mol. The van der Waals surface area contributed by atoms with Crippen LogP contribution in [0, 0.1) is 4.77 Å². The van der Waals surface area contributed by atoms with E-state index in [-0.39, 0.29) is 0 Å². The first kappa shape index (κ1) is 18.5. The minimum atomic E-state index is 0.603. The van der Waals surface area contributed by atoms with Gasteiger partial charge in [-0.3, -0.25) is 14.9 Å². The van der Waals surface area contributed by atoms with E-state index >= 15 is 0 Å². The number of aromatic amines is 1. The van der Waals surface area contributed by atoms with Crippen LogP contribution in [0.15, 0.2) is 48.5 Å². The fourth-order valence-electron chi connectivity index (χ4n) is 4.06. The van der Waals surface area contributed by atoms with Gasteiger partial charge >= 0.3 is 0 Å². The summed E-state index contributed by atoms with van der Waals surface area (Å²) in [4.78, 5) is 9.47. The van der Waals surface area contributed by atoms with Crippen molar-refractivity contribution in [3.63, 3.8) is 0 Å². The molecule has 0 atom stereocenters. The molecule has 3 aromatic rings. The third-order valence-corrected chi connectivity index (χ3v) is 6.00. The highest BCUT2D eigenvalue weighted by Crippen LogP contribution is 2.26. The zero-order valence-electron chi connectivity index (χ0n) is 16.4. The van der Waals surface area contributed by atoms with Gasteiger partial charge in [0.2, 0.25) is 4.77 Å². The van der Waals surface area contributed by atoms with Crippen molar-refractivity contribution in [2.45, 2.75) is 19.6 Å². The lowest BCUT2D eigenvalue weighted by atomic mass is 10.1. The Morgan fingerprint density at radius 2 is 1.79 bits per heavy atom. The fourth-order valence-corrected chi connectivity index (χ4v) is 4.26. The van der Waals surface area contributed by atoms with Crippen LogP contribution >= 0.6 is 12.2 Å². The number of piperazine rings is 1. The predicted octanol–water partition coefficient (Wildman–Crippen LogP) is 3.32. The summed E-state index contributed by atoms with van der Waals surface area (Å²) in [5.74, 6) is 1.89. The van der Waals surface area contributed by atoms with Crippen LogP contribution in [0.3, 0.4) is 0 Å². The molecule has 1 N–H and O–H groups in total. The van der Waals surface area contributed by atoms with Gasteiger partial charge in [0.25, 0.3) is 0 Å². The van der Waals surface area contributed by atoms with Gasteiger partial charge < -0.3 is 4.74 Å². The molecule has 2 aromatic carbocycles. The average Bonchev–Trinajstić information content (AvgIpc) is 3.36. The second-order valence-electron chi connectivity index (χ2n) is 7.72. The third kappa shape index (κ3) is 4.12. The summed E-state index contributed by atoms with van der Waals surface area (Å²) in [6.07, 6.45) is 1.03. The van der Waals surface area contributed by atoms with Gasteiger partial charge in [-0.05, 0) is 29.4 Å². The van der Waals surface area contributed by atoms with Crippen LogP contribution in [0.5, 0.6) is 5.75 Å². The number of hydrogen-bond donors (Lipinski definition) is 1. The Morgan fingerprint density at radius 1 is 1.00 bits per heavy atom. The molecule has 0 saturated carbocycles. The van der Waals surface area contributed by atoms with Gasteiger partial charge in [-0.25, -0.2) is 4.68 Å². The quantitative estimate of drug-likeness (QED) is 0.658. The van der Waals surface area contributed by atoms with Crippen molar-refractivity contribution in [3.8, 4) is 17.1 Å². The minimum Gasteiger partial charge on any atom is -0.493 e. The van der Waals surface area contributed by atoms with E-state index < -0.39 is 0 Å². The van der Waals surface area contributed by atoms with Crippen molar-refractivity contribution < 1.29 is 4.74 Å². The molecule has 150 valence electrons. The number of benzene rings is 2. The van der Waals surface area contributed by atoms with Gasteiger partial charge in [0, 0.05) is 44.7 Å². The SMILES string of the molecule is S=c1nc(-c2ccccc2)[nH]n1CN1CCN(Cc2ccc3c(c2)CCO3)CC1. The number of H-pyrrole nitrogens is 1. The topological polar surface area (TPSA) is 49.3 Å².